The molecule has 0 aliphatic carbocycles. The molecule has 1 unspecified atom stereocenters. The Morgan fingerprint density at radius 2 is 1.32 bits per heavy atom. The van der Waals surface area contributed by atoms with Crippen LogP contribution < -0.4 is 16.0 Å². The van der Waals surface area contributed by atoms with Gasteiger partial charge >= 0.3 is 6.09 Å². The number of ether oxygens (including phenoxy) is 1. The molecule has 0 fully saturated rings. The van der Waals surface area contributed by atoms with Crippen LogP contribution in [0.1, 0.15) is 122 Å². The fourth-order valence-corrected chi connectivity index (χ4v) is 4.07. The van der Waals surface area contributed by atoms with E-state index in [2.05, 4.69) is 39.8 Å². The molecule has 0 heterocycles. The quantitative estimate of drug-likeness (QED) is 0.110. The maximum Gasteiger partial charge on any atom is 0.407 e. The van der Waals surface area contributed by atoms with Gasteiger partial charge in [0.1, 0.15) is 6.04 Å². The van der Waals surface area contributed by atoms with E-state index in [-0.39, 0.29) is 24.1 Å². The first-order valence-electron chi connectivity index (χ1n) is 14.4. The summed E-state index contributed by atoms with van der Waals surface area (Å²) in [5, 5.41) is 7.78. The highest BCUT2D eigenvalue weighted by Gasteiger charge is 2.19. The van der Waals surface area contributed by atoms with Crippen LogP contribution in [0.5, 0.6) is 0 Å². The summed E-state index contributed by atoms with van der Waals surface area (Å²) in [7, 11) is 2.79. The maximum absolute atomic E-state index is 12.3. The number of rotatable bonds is 24. The third kappa shape index (κ3) is 22.5. The number of nitrogens with one attached hydrogen (secondary N) is 3. The van der Waals surface area contributed by atoms with Gasteiger partial charge in [0, 0.05) is 19.9 Å². The van der Waals surface area contributed by atoms with E-state index in [4.69, 9.17) is 0 Å². The van der Waals surface area contributed by atoms with Crippen molar-refractivity contribution in [1.82, 2.24) is 16.0 Å². The molecule has 214 valence electrons. The number of carbonyl (C=O) groups is 4. The molecule has 1 atom stereocenters. The van der Waals surface area contributed by atoms with Gasteiger partial charge in [0.05, 0.1) is 13.7 Å². The van der Waals surface area contributed by atoms with Crippen LogP contribution in [0.25, 0.3) is 0 Å². The standard InChI is InChI=1S/C29H53N3O5/c1-4-5-6-7-8-9-10-11-12-13-14-15-16-17-18-23-27(34)32-26(28(35)30-2)22-20-19-21-25(33)24-31-29(36)37-3/h11-12,26H,4-10,13-24H2,1-3H3,(H,30,35)(H,31,36)(H,32,34). The Hall–Kier alpha value is -2.38. The monoisotopic (exact) mass is 523 g/mol. The second-order valence-electron chi connectivity index (χ2n) is 9.70. The lowest BCUT2D eigenvalue weighted by Gasteiger charge is -2.17. The molecule has 8 nitrogen and oxygen atoms in total. The second-order valence-corrected chi connectivity index (χ2v) is 9.70. The zero-order chi connectivity index (χ0) is 27.6. The average molecular weight is 524 g/mol. The fraction of sp³-hybridized carbons (Fsp3) is 0.793. The van der Waals surface area contributed by atoms with E-state index in [1.165, 1.54) is 64.9 Å². The summed E-state index contributed by atoms with van der Waals surface area (Å²) < 4.78 is 4.43. The van der Waals surface area contributed by atoms with Crippen molar-refractivity contribution in [3.05, 3.63) is 12.2 Å². The minimum Gasteiger partial charge on any atom is -0.453 e. The number of carbonyl (C=O) groups excluding carboxylic acids is 4. The first kappa shape index (κ1) is 34.6. The predicted molar refractivity (Wildman–Crippen MR) is 149 cm³/mol. The number of unbranched alkanes of at least 4 members (excludes halogenated alkanes) is 12. The molecule has 0 aromatic carbocycles. The van der Waals surface area contributed by atoms with Crippen molar-refractivity contribution in [2.45, 2.75) is 129 Å². The van der Waals surface area contributed by atoms with Crippen molar-refractivity contribution in [2.75, 3.05) is 20.7 Å². The number of Topliss-reactive ketones (excluding diaryl/α,β-unsaturated/α-hetero) is 1. The summed E-state index contributed by atoms with van der Waals surface area (Å²) >= 11 is 0. The highest BCUT2D eigenvalue weighted by molar-refractivity contribution is 5.87. The third-order valence-electron chi connectivity index (χ3n) is 6.38. The van der Waals surface area contributed by atoms with E-state index < -0.39 is 12.1 Å². The normalized spacial score (nSPS) is 11.8. The molecule has 0 bridgehead atoms. The molecule has 0 saturated carbocycles. The van der Waals surface area contributed by atoms with Crippen LogP contribution in [0.4, 0.5) is 4.79 Å². The first-order valence-corrected chi connectivity index (χ1v) is 14.4. The van der Waals surface area contributed by atoms with Gasteiger partial charge in [-0.05, 0) is 44.9 Å². The van der Waals surface area contributed by atoms with Crippen LogP contribution in [-0.2, 0) is 19.1 Å². The Bertz CT molecular complexity index is 651. The topological polar surface area (TPSA) is 114 Å². The molecule has 0 radical (unpaired) electrons. The van der Waals surface area contributed by atoms with Crippen LogP contribution in [0.15, 0.2) is 12.2 Å². The van der Waals surface area contributed by atoms with Gasteiger partial charge in [-0.1, -0.05) is 76.9 Å². The van der Waals surface area contributed by atoms with Crippen molar-refractivity contribution in [1.29, 1.82) is 0 Å². The molecule has 3 amide bonds. The third-order valence-corrected chi connectivity index (χ3v) is 6.38. The summed E-state index contributed by atoms with van der Waals surface area (Å²) in [6.07, 6.45) is 22.1. The van der Waals surface area contributed by atoms with E-state index in [1.54, 1.807) is 7.05 Å². The van der Waals surface area contributed by atoms with Crippen molar-refractivity contribution >= 4 is 23.7 Å². The van der Waals surface area contributed by atoms with Crippen molar-refractivity contribution in [2.24, 2.45) is 0 Å². The van der Waals surface area contributed by atoms with Gasteiger partial charge in [-0.25, -0.2) is 4.79 Å². The molecule has 0 rings (SSSR count). The van der Waals surface area contributed by atoms with Crippen molar-refractivity contribution < 1.29 is 23.9 Å². The molecule has 0 saturated heterocycles. The number of methoxy groups -OCH3 is 1. The summed E-state index contributed by atoms with van der Waals surface area (Å²) in [5.41, 5.74) is 0. The maximum atomic E-state index is 12.3. The van der Waals surface area contributed by atoms with Gasteiger partial charge in [-0.15, -0.1) is 0 Å². The Labute approximate surface area is 225 Å². The van der Waals surface area contributed by atoms with E-state index >= 15 is 0 Å². The molecule has 0 aliphatic heterocycles. The van der Waals surface area contributed by atoms with E-state index in [0.29, 0.717) is 32.1 Å². The van der Waals surface area contributed by atoms with Crippen LogP contribution in [0.2, 0.25) is 0 Å². The number of ketones is 1. The highest BCUT2D eigenvalue weighted by Crippen LogP contribution is 2.11. The van der Waals surface area contributed by atoms with Gasteiger partial charge < -0.3 is 20.7 Å². The van der Waals surface area contributed by atoms with E-state index in [1.807, 2.05) is 0 Å². The number of amides is 3. The lowest BCUT2D eigenvalue weighted by atomic mass is 10.0. The fourth-order valence-electron chi connectivity index (χ4n) is 4.07. The zero-order valence-corrected chi connectivity index (χ0v) is 23.7. The minimum atomic E-state index is -0.637. The number of hydrogen-bond donors (Lipinski definition) is 3. The molecular formula is C29H53N3O5. The Morgan fingerprint density at radius 1 is 0.757 bits per heavy atom. The molecular weight excluding hydrogens is 470 g/mol. The van der Waals surface area contributed by atoms with E-state index in [9.17, 15) is 19.2 Å². The SMILES string of the molecule is CCCCCCCCC=CCCCCCCCC(=O)NC(CCCCC(=O)CNC(=O)OC)C(=O)NC. The number of likely N-dealkylation sites (N-methyl/N-ethyl adjacent to an activating group) is 1. The number of allylic oxidation sites excluding steroid dienone is 2. The number of alkyl carbamates (subject to hydrolysis) is 1. The van der Waals surface area contributed by atoms with Crippen LogP contribution in [0, 0.1) is 0 Å². The lowest BCUT2D eigenvalue weighted by Crippen LogP contribution is -2.45. The molecule has 0 aromatic heterocycles. The summed E-state index contributed by atoms with van der Waals surface area (Å²) in [6, 6.07) is -0.594. The van der Waals surface area contributed by atoms with Gasteiger partial charge in [-0.2, -0.15) is 0 Å². The Morgan fingerprint density at radius 3 is 1.92 bits per heavy atom. The Balaban J connectivity index is 3.85. The zero-order valence-electron chi connectivity index (χ0n) is 23.7. The highest BCUT2D eigenvalue weighted by atomic mass is 16.5. The second kappa shape index (κ2) is 25.3. The van der Waals surface area contributed by atoms with Crippen molar-refractivity contribution in [3.63, 3.8) is 0 Å². The minimum absolute atomic E-state index is 0.0712. The summed E-state index contributed by atoms with van der Waals surface area (Å²) in [6.45, 7) is 2.18. The lowest BCUT2D eigenvalue weighted by molar-refractivity contribution is -0.129. The number of hydrogen-bond acceptors (Lipinski definition) is 5. The van der Waals surface area contributed by atoms with Crippen molar-refractivity contribution in [3.8, 4) is 0 Å². The van der Waals surface area contributed by atoms with Crippen LogP contribution in [0.3, 0.4) is 0 Å². The largest absolute Gasteiger partial charge is 0.453 e. The van der Waals surface area contributed by atoms with Crippen LogP contribution in [-0.4, -0.2) is 50.4 Å². The van der Waals surface area contributed by atoms with E-state index in [0.717, 1.165) is 25.7 Å². The summed E-state index contributed by atoms with van der Waals surface area (Å²) in [4.78, 5) is 47.2. The molecule has 0 aromatic rings. The molecule has 3 N–H and O–H groups in total. The first-order chi connectivity index (χ1) is 17.9. The molecule has 8 heteroatoms. The smallest absolute Gasteiger partial charge is 0.407 e. The summed E-state index contributed by atoms with van der Waals surface area (Å²) in [5.74, 6) is -0.434. The Kier molecular flexibility index (Phi) is 23.7. The molecule has 0 aliphatic rings. The van der Waals surface area contributed by atoms with Gasteiger partial charge in [0.2, 0.25) is 11.8 Å². The molecule has 0 spiro atoms. The molecule has 37 heavy (non-hydrogen) atoms. The van der Waals surface area contributed by atoms with Gasteiger partial charge in [-0.3, -0.25) is 14.4 Å². The van der Waals surface area contributed by atoms with Gasteiger partial charge in [0.25, 0.3) is 0 Å². The van der Waals surface area contributed by atoms with Crippen LogP contribution >= 0.6 is 0 Å². The van der Waals surface area contributed by atoms with Gasteiger partial charge in [0.15, 0.2) is 5.78 Å². The predicted octanol–water partition coefficient (Wildman–Crippen LogP) is 5.74. The average Bonchev–Trinajstić information content (AvgIpc) is 2.90.